The van der Waals surface area contributed by atoms with Crippen LogP contribution in [0.2, 0.25) is 0 Å². The minimum absolute atomic E-state index is 0.0384. The number of hydrogen-bond acceptors (Lipinski definition) is 4. The number of carbonyl (C=O) groups is 2. The third-order valence-corrected chi connectivity index (χ3v) is 5.87. The Morgan fingerprint density at radius 3 is 2.59 bits per heavy atom. The summed E-state index contributed by atoms with van der Waals surface area (Å²) in [5.41, 5.74) is 3.27. The number of allylic oxidation sites excluding steroid dienone is 1. The number of aliphatic imine (C=N–C) groups is 1. The summed E-state index contributed by atoms with van der Waals surface area (Å²) in [5, 5.41) is 0. The van der Waals surface area contributed by atoms with Gasteiger partial charge >= 0.3 is 0 Å². The molecule has 5 heteroatoms. The topological polar surface area (TPSA) is 55.7 Å². The predicted molar refractivity (Wildman–Crippen MR) is 112 cm³/mol. The lowest BCUT2D eigenvalue weighted by molar-refractivity contribution is -0.124. The number of Topliss-reactive ketones (excluding diaryl/α,β-unsaturated/α-hetero) is 2. The first kappa shape index (κ1) is 21.6. The number of hydrogen-bond donors (Lipinski definition) is 0. The number of benzene rings is 1. The molecule has 2 aliphatic rings. The van der Waals surface area contributed by atoms with E-state index in [1.165, 1.54) is 6.07 Å². The van der Waals surface area contributed by atoms with Crippen LogP contribution in [0.25, 0.3) is 0 Å². The fraction of sp³-hybridized carbons (Fsp3) is 0.542. The van der Waals surface area contributed by atoms with Crippen LogP contribution in [0.1, 0.15) is 64.0 Å². The fourth-order valence-corrected chi connectivity index (χ4v) is 4.59. The van der Waals surface area contributed by atoms with Gasteiger partial charge in [-0.25, -0.2) is 4.39 Å². The Labute approximate surface area is 172 Å². The van der Waals surface area contributed by atoms with Crippen LogP contribution in [0.5, 0.6) is 0 Å². The quantitative estimate of drug-likeness (QED) is 0.680. The predicted octanol–water partition coefficient (Wildman–Crippen LogP) is 4.95. The van der Waals surface area contributed by atoms with E-state index in [1.807, 2.05) is 13.8 Å². The normalized spacial score (nSPS) is 23.7. The summed E-state index contributed by atoms with van der Waals surface area (Å²) >= 11 is 0. The minimum Gasteiger partial charge on any atom is -0.374 e. The molecule has 4 nitrogen and oxygen atoms in total. The summed E-state index contributed by atoms with van der Waals surface area (Å²) in [4.78, 5) is 31.2. The van der Waals surface area contributed by atoms with Crippen molar-refractivity contribution >= 4 is 17.3 Å². The van der Waals surface area contributed by atoms with Gasteiger partial charge in [-0.15, -0.1) is 0 Å². The van der Waals surface area contributed by atoms with Crippen LogP contribution in [0.4, 0.5) is 4.39 Å². The molecule has 1 heterocycles. The number of fused-ring (bicyclic) bond motifs is 1. The molecule has 156 valence electrons. The lowest BCUT2D eigenvalue weighted by atomic mass is 9.63. The first-order chi connectivity index (χ1) is 13.7. The van der Waals surface area contributed by atoms with Crippen molar-refractivity contribution < 1.29 is 18.7 Å². The van der Waals surface area contributed by atoms with E-state index in [-0.39, 0.29) is 29.4 Å². The molecule has 1 fully saturated rings. The maximum Gasteiger partial charge on any atom is 0.186 e. The Morgan fingerprint density at radius 1 is 1.24 bits per heavy atom. The molecule has 0 bridgehead atoms. The van der Waals surface area contributed by atoms with Gasteiger partial charge in [0.25, 0.3) is 0 Å². The average molecular weight is 400 g/mol. The largest absolute Gasteiger partial charge is 0.374 e. The molecule has 0 N–H and O–H groups in total. The maximum atomic E-state index is 14.0. The van der Waals surface area contributed by atoms with Crippen LogP contribution in [0.3, 0.4) is 0 Å². The molecule has 2 unspecified atom stereocenters. The molecule has 1 saturated carbocycles. The smallest absolute Gasteiger partial charge is 0.186 e. The first-order valence-electron chi connectivity index (χ1n) is 10.4. The highest BCUT2D eigenvalue weighted by molar-refractivity contribution is 6.13. The van der Waals surface area contributed by atoms with E-state index in [4.69, 9.17) is 9.73 Å². The van der Waals surface area contributed by atoms with E-state index >= 15 is 0 Å². The second-order valence-electron chi connectivity index (χ2n) is 8.83. The number of aryl methyl sites for hydroxylation is 1. The highest BCUT2D eigenvalue weighted by Crippen LogP contribution is 2.47. The Morgan fingerprint density at radius 2 is 1.97 bits per heavy atom. The van der Waals surface area contributed by atoms with Crippen molar-refractivity contribution in [2.24, 2.45) is 16.3 Å². The Hall–Kier alpha value is -2.14. The van der Waals surface area contributed by atoms with Gasteiger partial charge in [0.05, 0.1) is 5.92 Å². The molecule has 1 aromatic carbocycles. The van der Waals surface area contributed by atoms with Crippen LogP contribution in [0.15, 0.2) is 34.5 Å². The summed E-state index contributed by atoms with van der Waals surface area (Å²) in [5.74, 6) is -1.24. The van der Waals surface area contributed by atoms with Crippen molar-refractivity contribution in [1.82, 2.24) is 0 Å². The molecule has 1 aliphatic heterocycles. The van der Waals surface area contributed by atoms with Gasteiger partial charge in [0.15, 0.2) is 5.78 Å². The van der Waals surface area contributed by atoms with Crippen molar-refractivity contribution in [2.75, 3.05) is 13.2 Å². The molecule has 2 atom stereocenters. The number of ether oxygens (including phenoxy) is 1. The molecule has 0 aromatic heterocycles. The Kier molecular flexibility index (Phi) is 6.18. The summed E-state index contributed by atoms with van der Waals surface area (Å²) in [6.45, 7) is 10.1. The number of ketones is 2. The first-order valence-corrected chi connectivity index (χ1v) is 10.4. The lowest BCUT2D eigenvalue weighted by Gasteiger charge is -2.41. The fourth-order valence-electron chi connectivity index (χ4n) is 4.59. The van der Waals surface area contributed by atoms with E-state index in [1.54, 1.807) is 19.1 Å². The zero-order valence-corrected chi connectivity index (χ0v) is 18.0. The van der Waals surface area contributed by atoms with Crippen LogP contribution in [-0.4, -0.2) is 30.5 Å². The Balaban J connectivity index is 2.19. The number of nitrogens with zero attached hydrogens (tertiary/aromatic N) is 1. The summed E-state index contributed by atoms with van der Waals surface area (Å²) in [7, 11) is 0. The highest BCUT2D eigenvalue weighted by Gasteiger charge is 2.47. The van der Waals surface area contributed by atoms with Gasteiger partial charge in [-0.2, -0.15) is 0 Å². The molecule has 0 spiro atoms. The Bertz CT molecular complexity index is 897. The number of rotatable bonds is 6. The average Bonchev–Trinajstić information content (AvgIpc) is 2.65. The molecular weight excluding hydrogens is 369 g/mol. The zero-order chi connectivity index (χ0) is 21.3. The van der Waals surface area contributed by atoms with E-state index in [9.17, 15) is 14.0 Å². The van der Waals surface area contributed by atoms with E-state index < -0.39 is 11.8 Å². The van der Waals surface area contributed by atoms with Gasteiger partial charge in [-0.1, -0.05) is 32.9 Å². The molecule has 3 rings (SSSR count). The summed E-state index contributed by atoms with van der Waals surface area (Å²) < 4.78 is 19.3. The molecule has 1 aliphatic carbocycles. The third-order valence-electron chi connectivity index (χ3n) is 5.87. The lowest BCUT2D eigenvalue weighted by Crippen LogP contribution is -2.44. The molecule has 0 amide bonds. The summed E-state index contributed by atoms with van der Waals surface area (Å²) in [6, 6.07) is 4.88. The van der Waals surface area contributed by atoms with Crippen molar-refractivity contribution in [3.63, 3.8) is 0 Å². The molecule has 1 aromatic rings. The van der Waals surface area contributed by atoms with Crippen LogP contribution < -0.4 is 0 Å². The van der Waals surface area contributed by atoms with Gasteiger partial charge in [-0.05, 0) is 49.3 Å². The van der Waals surface area contributed by atoms with E-state index in [2.05, 4.69) is 13.8 Å². The van der Waals surface area contributed by atoms with E-state index in [0.29, 0.717) is 30.6 Å². The van der Waals surface area contributed by atoms with Gasteiger partial charge in [0.1, 0.15) is 18.2 Å². The molecule has 0 saturated heterocycles. The monoisotopic (exact) mass is 399 g/mol. The SMILES string of the molecule is CCOCC(=O)C1=C(CC)N=C2CC(C)(C)CC(=O)C2C1c1ccc(F)c(C)c1. The highest BCUT2D eigenvalue weighted by atomic mass is 19.1. The maximum absolute atomic E-state index is 14.0. The number of halogens is 1. The van der Waals surface area contributed by atoms with Gasteiger partial charge in [0.2, 0.25) is 0 Å². The second kappa shape index (κ2) is 8.31. The van der Waals surface area contributed by atoms with E-state index in [0.717, 1.165) is 23.4 Å². The number of carbonyl (C=O) groups excluding carboxylic acids is 2. The standard InChI is InChI=1S/C24H30FNO3/c1-6-17-22(20(28)13-29-7-2)21(15-8-9-16(25)14(3)10-15)23-18(26-17)11-24(4,5)12-19(23)27/h8-10,21,23H,6-7,11-13H2,1-5H3. The second-order valence-corrected chi connectivity index (χ2v) is 8.83. The molecular formula is C24H30FNO3. The van der Waals surface area contributed by atoms with Crippen LogP contribution in [0, 0.1) is 24.1 Å². The van der Waals surface area contributed by atoms with Crippen LogP contribution in [-0.2, 0) is 14.3 Å². The van der Waals surface area contributed by atoms with Crippen molar-refractivity contribution in [3.05, 3.63) is 46.4 Å². The van der Waals surface area contributed by atoms with Crippen molar-refractivity contribution in [1.29, 1.82) is 0 Å². The van der Waals surface area contributed by atoms with Gasteiger partial charge in [0, 0.05) is 35.9 Å². The molecule has 29 heavy (non-hydrogen) atoms. The summed E-state index contributed by atoms with van der Waals surface area (Å²) in [6.07, 6.45) is 1.76. The third kappa shape index (κ3) is 4.25. The molecule has 0 radical (unpaired) electrons. The minimum atomic E-state index is -0.469. The van der Waals surface area contributed by atoms with Crippen molar-refractivity contribution in [3.8, 4) is 0 Å². The van der Waals surface area contributed by atoms with Gasteiger partial charge < -0.3 is 4.74 Å². The van der Waals surface area contributed by atoms with Crippen molar-refractivity contribution in [2.45, 2.75) is 59.8 Å². The van der Waals surface area contributed by atoms with Gasteiger partial charge in [-0.3, -0.25) is 14.6 Å². The zero-order valence-electron chi connectivity index (χ0n) is 18.0. The van der Waals surface area contributed by atoms with Crippen LogP contribution >= 0.6 is 0 Å².